The first kappa shape index (κ1) is 27.5. The fraction of sp³-hybridized carbons (Fsp3) is 0.152. The number of carbonyl (C=O) groups is 1. The minimum absolute atomic E-state index is 0.00682. The van der Waals surface area contributed by atoms with E-state index in [0.29, 0.717) is 29.9 Å². The van der Waals surface area contributed by atoms with E-state index in [0.717, 1.165) is 23.4 Å². The summed E-state index contributed by atoms with van der Waals surface area (Å²) in [5.74, 6) is -2.57. The van der Waals surface area contributed by atoms with Crippen molar-refractivity contribution >= 4 is 16.9 Å². The third-order valence-electron chi connectivity index (χ3n) is 7.40. The maximum absolute atomic E-state index is 13.3. The first-order valence-electron chi connectivity index (χ1n) is 13.4. The molecule has 4 aromatic carbocycles. The minimum atomic E-state index is -0.927. The second-order valence-electron chi connectivity index (χ2n) is 10.0. The van der Waals surface area contributed by atoms with Gasteiger partial charge in [-0.1, -0.05) is 30.3 Å². The number of hydrogen-bond acceptors (Lipinski definition) is 10. The van der Waals surface area contributed by atoms with Gasteiger partial charge in [0.25, 0.3) is 0 Å². The molecule has 218 valence electrons. The van der Waals surface area contributed by atoms with Gasteiger partial charge in [-0.05, 0) is 42.0 Å². The van der Waals surface area contributed by atoms with Gasteiger partial charge < -0.3 is 39.1 Å². The van der Waals surface area contributed by atoms with Crippen LogP contribution in [-0.2, 0) is 11.2 Å². The molecule has 0 saturated heterocycles. The summed E-state index contributed by atoms with van der Waals surface area (Å²) in [6, 6.07) is 19.6. The zero-order valence-corrected chi connectivity index (χ0v) is 22.9. The normalized spacial score (nSPS) is 14.3. The maximum Gasteiger partial charge on any atom is 0.312 e. The van der Waals surface area contributed by atoms with Crippen molar-refractivity contribution in [1.29, 1.82) is 0 Å². The Morgan fingerprint density at radius 1 is 0.884 bits per heavy atom. The standard InChI is InChI=1S/C33H26O10/c1-40-19-9-6-17(7-10-19)12-13-41-25-5-3-2-4-20(25)21-15-27(37)42-26-16-24(36)29-30(38)31(39)32(43-33(29)28(21)26)18-8-11-22(34)23(35)14-18/h2-11,14,16,21,34-36,39H,12-13,15H2,1H3. The van der Waals surface area contributed by atoms with E-state index in [4.69, 9.17) is 18.6 Å². The predicted octanol–water partition coefficient (Wildman–Crippen LogP) is 5.35. The molecule has 0 bridgehead atoms. The van der Waals surface area contributed by atoms with Crippen LogP contribution < -0.4 is 19.6 Å². The summed E-state index contributed by atoms with van der Waals surface area (Å²) in [4.78, 5) is 26.1. The summed E-state index contributed by atoms with van der Waals surface area (Å²) >= 11 is 0. The lowest BCUT2D eigenvalue weighted by Gasteiger charge is -2.27. The van der Waals surface area contributed by atoms with Gasteiger partial charge in [0.2, 0.25) is 11.2 Å². The number of ether oxygens (including phenoxy) is 3. The molecule has 0 saturated carbocycles. The molecule has 0 fully saturated rings. The summed E-state index contributed by atoms with van der Waals surface area (Å²) in [5.41, 5.74) is 1.03. The molecular formula is C33H26O10. The third-order valence-corrected chi connectivity index (χ3v) is 7.40. The molecule has 1 aliphatic rings. The summed E-state index contributed by atoms with van der Waals surface area (Å²) in [7, 11) is 1.60. The molecule has 10 nitrogen and oxygen atoms in total. The predicted molar refractivity (Wildman–Crippen MR) is 155 cm³/mol. The van der Waals surface area contributed by atoms with Gasteiger partial charge in [-0.3, -0.25) is 9.59 Å². The van der Waals surface area contributed by atoms with Crippen molar-refractivity contribution < 1.29 is 43.8 Å². The maximum atomic E-state index is 13.3. The third kappa shape index (κ3) is 5.03. The van der Waals surface area contributed by atoms with E-state index in [9.17, 15) is 30.0 Å². The van der Waals surface area contributed by atoms with Crippen molar-refractivity contribution in [3.63, 3.8) is 0 Å². The van der Waals surface area contributed by atoms with Crippen molar-refractivity contribution in [2.45, 2.75) is 18.8 Å². The van der Waals surface area contributed by atoms with Crippen LogP contribution >= 0.6 is 0 Å². The number of methoxy groups -OCH3 is 1. The van der Waals surface area contributed by atoms with Crippen molar-refractivity contribution in [1.82, 2.24) is 0 Å². The molecule has 10 heteroatoms. The molecule has 0 amide bonds. The Hall–Kier alpha value is -5.64. The molecule has 4 N–H and O–H groups in total. The Bertz CT molecular complexity index is 1920. The molecule has 1 aliphatic heterocycles. The van der Waals surface area contributed by atoms with Crippen LogP contribution in [0, 0.1) is 0 Å². The number of fused-ring (bicyclic) bond motifs is 3. The van der Waals surface area contributed by atoms with Gasteiger partial charge in [0, 0.05) is 35.1 Å². The molecule has 2 heterocycles. The van der Waals surface area contributed by atoms with Gasteiger partial charge >= 0.3 is 5.97 Å². The van der Waals surface area contributed by atoms with Gasteiger partial charge in [0.1, 0.15) is 34.0 Å². The molecule has 0 radical (unpaired) electrons. The molecule has 1 aromatic heterocycles. The van der Waals surface area contributed by atoms with Gasteiger partial charge in [0.15, 0.2) is 17.3 Å². The SMILES string of the molecule is COc1ccc(CCOc2ccccc2C2CC(=O)Oc3cc(O)c4c(=O)c(O)c(-c5ccc(O)c(O)c5)oc4c32)cc1. The Balaban J connectivity index is 1.45. The van der Waals surface area contributed by atoms with Crippen molar-refractivity contribution in [3.8, 4) is 51.6 Å². The molecule has 1 atom stereocenters. The second-order valence-corrected chi connectivity index (χ2v) is 10.0. The lowest BCUT2D eigenvalue weighted by molar-refractivity contribution is -0.135. The number of benzene rings is 4. The Morgan fingerprint density at radius 3 is 2.40 bits per heavy atom. The van der Waals surface area contributed by atoms with E-state index in [1.165, 1.54) is 12.1 Å². The van der Waals surface area contributed by atoms with Crippen molar-refractivity contribution in [3.05, 3.63) is 99.7 Å². The lowest BCUT2D eigenvalue weighted by Crippen LogP contribution is -2.22. The summed E-state index contributed by atoms with van der Waals surface area (Å²) in [6.45, 7) is 0.334. The van der Waals surface area contributed by atoms with Crippen molar-refractivity contribution in [2.24, 2.45) is 0 Å². The fourth-order valence-corrected chi connectivity index (χ4v) is 5.28. The average molecular weight is 583 g/mol. The highest BCUT2D eigenvalue weighted by Gasteiger charge is 2.35. The molecular weight excluding hydrogens is 556 g/mol. The second kappa shape index (κ2) is 11.0. The van der Waals surface area contributed by atoms with Crippen LogP contribution in [0.1, 0.15) is 29.0 Å². The lowest BCUT2D eigenvalue weighted by atomic mass is 9.84. The zero-order valence-electron chi connectivity index (χ0n) is 22.9. The Labute approximate surface area is 244 Å². The van der Waals surface area contributed by atoms with Crippen LogP contribution in [0.15, 0.2) is 82.0 Å². The average Bonchev–Trinajstić information content (AvgIpc) is 3.00. The Kier molecular flexibility index (Phi) is 7.03. The molecule has 6 rings (SSSR count). The highest BCUT2D eigenvalue weighted by atomic mass is 16.5. The summed E-state index contributed by atoms with van der Waals surface area (Å²) in [5, 5.41) is 41.0. The highest BCUT2D eigenvalue weighted by Crippen LogP contribution is 2.48. The van der Waals surface area contributed by atoms with Crippen LogP contribution in [0.3, 0.4) is 0 Å². The highest BCUT2D eigenvalue weighted by molar-refractivity contribution is 5.94. The van der Waals surface area contributed by atoms with E-state index in [1.54, 1.807) is 31.4 Å². The topological polar surface area (TPSA) is 156 Å². The van der Waals surface area contributed by atoms with Crippen LogP contribution in [0.2, 0.25) is 0 Å². The molecule has 0 spiro atoms. The van der Waals surface area contributed by atoms with Gasteiger partial charge in [0.05, 0.1) is 20.1 Å². The minimum Gasteiger partial charge on any atom is -0.507 e. The number of phenols is 3. The fourth-order valence-electron chi connectivity index (χ4n) is 5.28. The monoisotopic (exact) mass is 582 g/mol. The Morgan fingerprint density at radius 2 is 1.65 bits per heavy atom. The molecule has 0 aliphatic carbocycles. The summed E-state index contributed by atoms with van der Waals surface area (Å²) < 4.78 is 22.9. The van der Waals surface area contributed by atoms with E-state index in [1.807, 2.05) is 24.3 Å². The van der Waals surface area contributed by atoms with Crippen molar-refractivity contribution in [2.75, 3.05) is 13.7 Å². The largest absolute Gasteiger partial charge is 0.507 e. The van der Waals surface area contributed by atoms with Crippen LogP contribution in [0.25, 0.3) is 22.3 Å². The van der Waals surface area contributed by atoms with E-state index in [2.05, 4.69) is 0 Å². The summed E-state index contributed by atoms with van der Waals surface area (Å²) in [6.07, 6.45) is 0.487. The van der Waals surface area contributed by atoms with Crippen LogP contribution in [-0.4, -0.2) is 40.1 Å². The van der Waals surface area contributed by atoms with Crippen LogP contribution in [0.5, 0.6) is 40.2 Å². The number of hydrogen-bond donors (Lipinski definition) is 4. The first-order valence-corrected chi connectivity index (χ1v) is 13.4. The number of para-hydroxylation sites is 1. The number of rotatable bonds is 7. The zero-order chi connectivity index (χ0) is 30.2. The molecule has 43 heavy (non-hydrogen) atoms. The smallest absolute Gasteiger partial charge is 0.312 e. The van der Waals surface area contributed by atoms with E-state index < -0.39 is 40.3 Å². The molecule has 5 aromatic rings. The quantitative estimate of drug-likeness (QED) is 0.112. The van der Waals surface area contributed by atoms with Crippen LogP contribution in [0.4, 0.5) is 0 Å². The van der Waals surface area contributed by atoms with Gasteiger partial charge in [-0.25, -0.2) is 0 Å². The number of carbonyl (C=O) groups excluding carboxylic acids is 1. The van der Waals surface area contributed by atoms with E-state index >= 15 is 0 Å². The number of esters is 1. The van der Waals surface area contributed by atoms with E-state index in [-0.39, 0.29) is 34.5 Å². The number of phenolic OH excluding ortho intramolecular Hbond substituents is 3. The van der Waals surface area contributed by atoms with Gasteiger partial charge in [-0.2, -0.15) is 0 Å². The van der Waals surface area contributed by atoms with Gasteiger partial charge in [-0.15, -0.1) is 0 Å². The number of aromatic hydroxyl groups is 4. The molecule has 1 unspecified atom stereocenters. The first-order chi connectivity index (χ1) is 20.7.